The Bertz CT molecular complexity index is 807. The van der Waals surface area contributed by atoms with E-state index in [1.807, 2.05) is 0 Å². The second-order valence-electron chi connectivity index (χ2n) is 3.00. The van der Waals surface area contributed by atoms with Crippen LogP contribution in [0.25, 0.3) is 0 Å². The predicted octanol–water partition coefficient (Wildman–Crippen LogP) is 1.06. The zero-order chi connectivity index (χ0) is 21.5. The van der Waals surface area contributed by atoms with Crippen LogP contribution >= 0.6 is 0 Å². The van der Waals surface area contributed by atoms with Crippen LogP contribution in [0.4, 0.5) is 10.5 Å². The summed E-state index contributed by atoms with van der Waals surface area (Å²) in [5.41, 5.74) is 5.66. The van der Waals surface area contributed by atoms with E-state index in [-0.39, 0.29) is 5.69 Å². The normalized spacial score (nSPS) is 21.4. The number of amides is 2. The molecule has 2 amide bonds. The van der Waals surface area contributed by atoms with Gasteiger partial charge in [-0.25, -0.2) is 17.9 Å². The minimum absolute atomic E-state index is 0.245. The topological polar surface area (TPSA) is 101 Å². The number of benzene rings is 1. The number of anilines is 1. The smallest absolute Gasteiger partial charge is 0.328 e. The zero-order valence-corrected chi connectivity index (χ0v) is 9.84. The first-order valence-electron chi connectivity index (χ1n) is 9.06. The summed E-state index contributed by atoms with van der Waals surface area (Å²) in [6, 6.07) is 2.87. The first-order chi connectivity index (χ1) is 11.8. The van der Waals surface area contributed by atoms with Gasteiger partial charge >= 0.3 is 6.03 Å². The fourth-order valence-electron chi connectivity index (χ4n) is 0.973. The highest BCUT2D eigenvalue weighted by Crippen LogP contribution is 2.10. The molecular weight excluding hydrogens is 254 g/mol. The third-order valence-electron chi connectivity index (χ3n) is 1.72. The summed E-state index contributed by atoms with van der Waals surface area (Å²) in [5, 5.41) is 1.33. The fraction of sp³-hybridized carbons (Fsp3) is 0.364. The molecule has 0 aromatic heterocycles. The van der Waals surface area contributed by atoms with Crippen molar-refractivity contribution in [2.75, 3.05) is 12.2 Å². The molecule has 0 spiro atoms. The summed E-state index contributed by atoms with van der Waals surface area (Å²) in [4.78, 5) is 11.4. The molecule has 0 saturated carbocycles. The maximum absolute atomic E-state index is 12.1. The van der Waals surface area contributed by atoms with Gasteiger partial charge in [0.1, 0.15) is 0 Å². The van der Waals surface area contributed by atoms with Crippen molar-refractivity contribution < 1.29 is 25.5 Å². The first-order valence-corrected chi connectivity index (χ1v) is 6.04. The standard InChI is InChI=1S/C11H17N3O3S/c1-2-3-8-13-11(15)14-18(16,17)10-6-4-9(12)5-7-10/h4-7H,2-3,8,12H2,1H3,(H2,13,14,15)/i1D3,2D2,3D2,8D2. The number of carbonyl (C=O) groups excluding carboxylic acids is 1. The minimum Gasteiger partial charge on any atom is -0.399 e. The van der Waals surface area contributed by atoms with Crippen molar-refractivity contribution in [3.8, 4) is 0 Å². The summed E-state index contributed by atoms with van der Waals surface area (Å²) in [6.07, 6.45) is -7.44. The molecule has 0 aliphatic carbocycles. The number of nitrogens with one attached hydrogen (secondary N) is 2. The molecule has 0 aliphatic rings. The number of sulfonamides is 1. The van der Waals surface area contributed by atoms with Gasteiger partial charge in [0, 0.05) is 24.5 Å². The molecule has 100 valence electrons. The Morgan fingerprint density at radius 3 is 2.72 bits per heavy atom. The lowest BCUT2D eigenvalue weighted by Crippen LogP contribution is -2.39. The summed E-state index contributed by atoms with van der Waals surface area (Å²) >= 11 is 0. The predicted molar refractivity (Wildman–Crippen MR) is 69.5 cm³/mol. The van der Waals surface area contributed by atoms with E-state index in [0.29, 0.717) is 0 Å². The Balaban J connectivity index is 3.05. The molecule has 0 bridgehead atoms. The van der Waals surface area contributed by atoms with Crippen molar-refractivity contribution in [2.45, 2.75) is 24.5 Å². The molecule has 18 heavy (non-hydrogen) atoms. The largest absolute Gasteiger partial charge is 0.399 e. The van der Waals surface area contributed by atoms with Crippen molar-refractivity contribution in [2.24, 2.45) is 0 Å². The average molecular weight is 280 g/mol. The molecule has 0 unspecified atom stereocenters. The van der Waals surface area contributed by atoms with Crippen LogP contribution in [0.15, 0.2) is 29.2 Å². The third kappa shape index (κ3) is 4.25. The lowest BCUT2D eigenvalue weighted by Gasteiger charge is -2.08. The second kappa shape index (κ2) is 6.25. The van der Waals surface area contributed by atoms with Gasteiger partial charge in [0.15, 0.2) is 0 Å². The third-order valence-corrected chi connectivity index (χ3v) is 3.07. The van der Waals surface area contributed by atoms with E-state index < -0.39 is 47.0 Å². The van der Waals surface area contributed by atoms with Crippen molar-refractivity contribution in [1.29, 1.82) is 0 Å². The Morgan fingerprint density at radius 1 is 1.44 bits per heavy atom. The van der Waals surface area contributed by atoms with Crippen molar-refractivity contribution >= 4 is 21.7 Å². The summed E-state index contributed by atoms with van der Waals surface area (Å²) in [5.74, 6) is 0. The molecule has 0 aliphatic heterocycles. The summed E-state index contributed by atoms with van der Waals surface area (Å²) < 4.78 is 91.7. The molecule has 6 nitrogen and oxygen atoms in total. The number of hydrogen-bond acceptors (Lipinski definition) is 4. The quantitative estimate of drug-likeness (QED) is 0.702. The van der Waals surface area contributed by atoms with Crippen LogP contribution in [0.2, 0.25) is 0 Å². The van der Waals surface area contributed by atoms with Crippen LogP contribution in [0.1, 0.15) is 31.9 Å². The Labute approximate surface area is 119 Å². The molecule has 7 heteroatoms. The van der Waals surface area contributed by atoms with Crippen LogP contribution in [0, 0.1) is 0 Å². The van der Waals surface area contributed by atoms with Crippen LogP contribution in [0.5, 0.6) is 0 Å². The SMILES string of the molecule is [2H]C([2H])([2H])C([2H])([2H])C([2H])([2H])C([2H])([2H])NC(=O)NS(=O)(=O)c1ccc(N)cc1. The molecule has 0 atom stereocenters. The zero-order valence-electron chi connectivity index (χ0n) is 18.0. The van der Waals surface area contributed by atoms with Gasteiger partial charge in [-0.2, -0.15) is 0 Å². The molecule has 1 aromatic rings. The summed E-state index contributed by atoms with van der Waals surface area (Å²) in [6.45, 7) is -7.14. The molecule has 0 saturated heterocycles. The Hall–Kier alpha value is -1.76. The van der Waals surface area contributed by atoms with Crippen LogP contribution in [0.3, 0.4) is 0 Å². The van der Waals surface area contributed by atoms with Gasteiger partial charge in [-0.3, -0.25) is 0 Å². The average Bonchev–Trinajstić information content (AvgIpc) is 2.44. The molecule has 1 rings (SSSR count). The van der Waals surface area contributed by atoms with Gasteiger partial charge < -0.3 is 11.1 Å². The molecule has 1 aromatic carbocycles. The Morgan fingerprint density at radius 2 is 2.11 bits per heavy atom. The molecular formula is C11H17N3O3S. The highest BCUT2D eigenvalue weighted by Gasteiger charge is 2.16. The number of rotatable bonds is 5. The van der Waals surface area contributed by atoms with E-state index in [9.17, 15) is 13.2 Å². The maximum atomic E-state index is 12.1. The molecule has 4 N–H and O–H groups in total. The lowest BCUT2D eigenvalue weighted by atomic mass is 10.3. The van der Waals surface area contributed by atoms with Crippen molar-refractivity contribution in [1.82, 2.24) is 10.0 Å². The van der Waals surface area contributed by atoms with Crippen LogP contribution < -0.4 is 15.8 Å². The number of nitrogen functional groups attached to an aromatic ring is 1. The first kappa shape index (κ1) is 5.92. The molecule has 0 fully saturated rings. The second-order valence-corrected chi connectivity index (χ2v) is 4.69. The molecule has 0 radical (unpaired) electrons. The number of carbonyl (C=O) groups is 1. The fourth-order valence-corrected chi connectivity index (χ4v) is 1.88. The van der Waals surface area contributed by atoms with E-state index in [2.05, 4.69) is 0 Å². The van der Waals surface area contributed by atoms with Crippen LogP contribution in [-0.4, -0.2) is 20.9 Å². The van der Waals surface area contributed by atoms with E-state index in [1.54, 1.807) is 0 Å². The van der Waals surface area contributed by atoms with Gasteiger partial charge in [-0.05, 0) is 30.6 Å². The van der Waals surface area contributed by atoms with Gasteiger partial charge in [0.25, 0.3) is 10.0 Å². The maximum Gasteiger partial charge on any atom is 0.328 e. The molecule has 0 heterocycles. The lowest BCUT2D eigenvalue weighted by molar-refractivity contribution is 0.245. The number of hydrogen-bond donors (Lipinski definition) is 3. The number of urea groups is 1. The Kier molecular flexibility index (Phi) is 2.06. The van der Waals surface area contributed by atoms with Crippen molar-refractivity contribution in [3.05, 3.63) is 24.3 Å². The number of nitrogens with two attached hydrogens (primary N) is 1. The van der Waals surface area contributed by atoms with Gasteiger partial charge in [0.2, 0.25) is 0 Å². The van der Waals surface area contributed by atoms with Crippen LogP contribution in [-0.2, 0) is 10.0 Å². The van der Waals surface area contributed by atoms with Gasteiger partial charge in [-0.15, -0.1) is 0 Å². The van der Waals surface area contributed by atoms with E-state index in [4.69, 9.17) is 18.1 Å². The highest BCUT2D eigenvalue weighted by atomic mass is 32.2. The monoisotopic (exact) mass is 280 g/mol. The van der Waals surface area contributed by atoms with E-state index in [0.717, 1.165) is 12.1 Å². The highest BCUT2D eigenvalue weighted by molar-refractivity contribution is 7.90. The van der Waals surface area contributed by atoms with Crippen molar-refractivity contribution in [3.63, 3.8) is 0 Å². The van der Waals surface area contributed by atoms with E-state index >= 15 is 0 Å². The summed E-state index contributed by atoms with van der Waals surface area (Å²) in [7, 11) is -4.47. The van der Waals surface area contributed by atoms with Gasteiger partial charge in [0.05, 0.1) is 4.90 Å². The minimum atomic E-state index is -4.47. The van der Waals surface area contributed by atoms with Gasteiger partial charge in [-0.1, -0.05) is 13.2 Å². The van der Waals surface area contributed by atoms with E-state index in [1.165, 1.54) is 22.2 Å².